The SMILES string of the molecule is CCC[C@H]1CN(CC(N)=O)C[C@@H]1NC(=O)CCc1cccc(Cl)c1.Cl. The van der Waals surface area contributed by atoms with Crippen LogP contribution in [0.2, 0.25) is 5.02 Å². The number of likely N-dealkylation sites (tertiary alicyclic amines) is 1. The average molecular weight is 388 g/mol. The third-order valence-corrected chi connectivity index (χ3v) is 4.67. The summed E-state index contributed by atoms with van der Waals surface area (Å²) in [5.41, 5.74) is 6.34. The first-order chi connectivity index (χ1) is 11.5. The Morgan fingerprint density at radius 2 is 2.12 bits per heavy atom. The summed E-state index contributed by atoms with van der Waals surface area (Å²) in [7, 11) is 0. The first-order valence-electron chi connectivity index (χ1n) is 8.52. The average Bonchev–Trinajstić information content (AvgIpc) is 2.86. The minimum atomic E-state index is -0.321. The Kier molecular flexibility index (Phi) is 9.25. The Morgan fingerprint density at radius 3 is 2.76 bits per heavy atom. The van der Waals surface area contributed by atoms with Gasteiger partial charge in [-0.05, 0) is 36.5 Å². The monoisotopic (exact) mass is 387 g/mol. The van der Waals surface area contributed by atoms with Gasteiger partial charge in [-0.1, -0.05) is 37.1 Å². The molecule has 2 atom stereocenters. The maximum absolute atomic E-state index is 12.3. The predicted molar refractivity (Wildman–Crippen MR) is 103 cm³/mol. The number of hydrogen-bond donors (Lipinski definition) is 2. The van der Waals surface area contributed by atoms with Crippen LogP contribution >= 0.6 is 24.0 Å². The Balaban J connectivity index is 0.00000312. The summed E-state index contributed by atoms with van der Waals surface area (Å²) in [6, 6.07) is 7.68. The molecular formula is C18H27Cl2N3O2. The summed E-state index contributed by atoms with van der Waals surface area (Å²) >= 11 is 5.97. The fraction of sp³-hybridized carbons (Fsp3) is 0.556. The molecule has 0 saturated carbocycles. The number of aryl methyl sites for hydroxylation is 1. The van der Waals surface area contributed by atoms with E-state index in [0.717, 1.165) is 24.9 Å². The quantitative estimate of drug-likeness (QED) is 0.718. The molecule has 140 valence electrons. The van der Waals surface area contributed by atoms with Gasteiger partial charge in [0.2, 0.25) is 11.8 Å². The predicted octanol–water partition coefficient (Wildman–Crippen LogP) is 2.40. The van der Waals surface area contributed by atoms with Crippen molar-refractivity contribution in [3.63, 3.8) is 0 Å². The summed E-state index contributed by atoms with van der Waals surface area (Å²) in [6.45, 7) is 3.90. The molecular weight excluding hydrogens is 361 g/mol. The van der Waals surface area contributed by atoms with E-state index in [0.29, 0.717) is 30.3 Å². The molecule has 3 N–H and O–H groups in total. The third-order valence-electron chi connectivity index (χ3n) is 4.43. The smallest absolute Gasteiger partial charge is 0.231 e. The zero-order chi connectivity index (χ0) is 17.5. The van der Waals surface area contributed by atoms with E-state index in [-0.39, 0.29) is 36.8 Å². The maximum atomic E-state index is 12.3. The molecule has 1 aliphatic heterocycles. The molecule has 0 spiro atoms. The highest BCUT2D eigenvalue weighted by Crippen LogP contribution is 2.22. The highest BCUT2D eigenvalue weighted by molar-refractivity contribution is 6.30. The molecule has 0 aliphatic carbocycles. The summed E-state index contributed by atoms with van der Waals surface area (Å²) in [6.07, 6.45) is 3.20. The zero-order valence-corrected chi connectivity index (χ0v) is 16.1. The first-order valence-corrected chi connectivity index (χ1v) is 8.90. The van der Waals surface area contributed by atoms with Crippen LogP contribution in [0, 0.1) is 5.92 Å². The normalized spacial score (nSPS) is 20.1. The summed E-state index contributed by atoms with van der Waals surface area (Å²) < 4.78 is 0. The zero-order valence-electron chi connectivity index (χ0n) is 14.5. The Bertz CT molecular complexity index is 583. The highest BCUT2D eigenvalue weighted by Gasteiger charge is 2.33. The van der Waals surface area contributed by atoms with Crippen molar-refractivity contribution in [1.82, 2.24) is 10.2 Å². The number of carbonyl (C=O) groups is 2. The molecule has 1 saturated heterocycles. The third kappa shape index (κ3) is 7.22. The van der Waals surface area contributed by atoms with Gasteiger partial charge in [0, 0.05) is 30.6 Å². The number of amides is 2. The second-order valence-corrected chi connectivity index (χ2v) is 6.95. The van der Waals surface area contributed by atoms with Gasteiger partial charge in [-0.15, -0.1) is 12.4 Å². The number of rotatable bonds is 8. The van der Waals surface area contributed by atoms with Gasteiger partial charge in [0.15, 0.2) is 0 Å². The second kappa shape index (κ2) is 10.6. The molecule has 0 radical (unpaired) electrons. The van der Waals surface area contributed by atoms with Gasteiger partial charge in [-0.25, -0.2) is 0 Å². The standard InChI is InChI=1S/C18H26ClN3O2.ClH/c1-2-4-14-10-22(12-17(20)23)11-16(14)21-18(24)8-7-13-5-3-6-15(19)9-13;/h3,5-6,9,14,16H,2,4,7-8,10-12H2,1H3,(H2,20,23)(H,21,24);1H/t14-,16-;/m0./s1. The lowest BCUT2D eigenvalue weighted by Crippen LogP contribution is -2.41. The first kappa shape index (κ1) is 21.7. The van der Waals surface area contributed by atoms with E-state index in [2.05, 4.69) is 12.2 Å². The maximum Gasteiger partial charge on any atom is 0.231 e. The molecule has 1 aliphatic rings. The van der Waals surface area contributed by atoms with Crippen LogP contribution in [0.4, 0.5) is 0 Å². The van der Waals surface area contributed by atoms with Gasteiger partial charge >= 0.3 is 0 Å². The minimum absolute atomic E-state index is 0. The van der Waals surface area contributed by atoms with Crippen LogP contribution in [0.15, 0.2) is 24.3 Å². The van der Waals surface area contributed by atoms with E-state index in [9.17, 15) is 9.59 Å². The van der Waals surface area contributed by atoms with Crippen LogP contribution in [-0.4, -0.2) is 42.4 Å². The van der Waals surface area contributed by atoms with Crippen molar-refractivity contribution in [2.75, 3.05) is 19.6 Å². The number of carbonyl (C=O) groups excluding carboxylic acids is 2. The number of nitrogens with one attached hydrogen (secondary N) is 1. The van der Waals surface area contributed by atoms with Crippen molar-refractivity contribution in [1.29, 1.82) is 0 Å². The Hall–Kier alpha value is -1.30. The van der Waals surface area contributed by atoms with Crippen LogP contribution in [0.3, 0.4) is 0 Å². The molecule has 0 aromatic heterocycles. The molecule has 0 unspecified atom stereocenters. The van der Waals surface area contributed by atoms with Crippen molar-refractivity contribution in [3.05, 3.63) is 34.9 Å². The van der Waals surface area contributed by atoms with E-state index < -0.39 is 0 Å². The van der Waals surface area contributed by atoms with Crippen molar-refractivity contribution in [2.24, 2.45) is 11.7 Å². The van der Waals surface area contributed by atoms with Gasteiger partial charge in [0.05, 0.1) is 6.54 Å². The molecule has 2 amide bonds. The molecule has 7 heteroatoms. The topological polar surface area (TPSA) is 75.4 Å². The van der Waals surface area contributed by atoms with Gasteiger partial charge in [-0.2, -0.15) is 0 Å². The number of nitrogens with two attached hydrogens (primary N) is 1. The summed E-state index contributed by atoms with van der Waals surface area (Å²) in [4.78, 5) is 25.4. The second-order valence-electron chi connectivity index (χ2n) is 6.51. The Morgan fingerprint density at radius 1 is 1.36 bits per heavy atom. The van der Waals surface area contributed by atoms with Crippen molar-refractivity contribution in [2.45, 2.75) is 38.6 Å². The number of primary amides is 1. The highest BCUT2D eigenvalue weighted by atomic mass is 35.5. The largest absolute Gasteiger partial charge is 0.369 e. The molecule has 1 aromatic rings. The fourth-order valence-corrected chi connectivity index (χ4v) is 3.58. The fourth-order valence-electron chi connectivity index (χ4n) is 3.37. The molecule has 25 heavy (non-hydrogen) atoms. The number of halogens is 2. The van der Waals surface area contributed by atoms with Crippen LogP contribution < -0.4 is 11.1 Å². The number of nitrogens with zero attached hydrogens (tertiary/aromatic N) is 1. The van der Waals surface area contributed by atoms with Crippen LogP contribution in [-0.2, 0) is 16.0 Å². The summed E-state index contributed by atoms with van der Waals surface area (Å²) in [5.74, 6) is 0.102. The van der Waals surface area contributed by atoms with Crippen molar-refractivity contribution >= 4 is 35.8 Å². The molecule has 1 aromatic carbocycles. The molecule has 5 nitrogen and oxygen atoms in total. The van der Waals surface area contributed by atoms with E-state index >= 15 is 0 Å². The van der Waals surface area contributed by atoms with Crippen LogP contribution in [0.5, 0.6) is 0 Å². The lowest BCUT2D eigenvalue weighted by molar-refractivity contribution is -0.122. The van der Waals surface area contributed by atoms with E-state index in [1.807, 2.05) is 29.2 Å². The number of benzene rings is 1. The van der Waals surface area contributed by atoms with E-state index in [1.165, 1.54) is 0 Å². The van der Waals surface area contributed by atoms with Crippen LogP contribution in [0.1, 0.15) is 31.7 Å². The summed E-state index contributed by atoms with van der Waals surface area (Å²) in [5, 5.41) is 3.82. The Labute approximate surface area is 160 Å². The van der Waals surface area contributed by atoms with Crippen molar-refractivity contribution < 1.29 is 9.59 Å². The van der Waals surface area contributed by atoms with E-state index in [1.54, 1.807) is 0 Å². The van der Waals surface area contributed by atoms with Crippen molar-refractivity contribution in [3.8, 4) is 0 Å². The van der Waals surface area contributed by atoms with Gasteiger partial charge in [0.1, 0.15) is 0 Å². The van der Waals surface area contributed by atoms with Crippen LogP contribution in [0.25, 0.3) is 0 Å². The molecule has 2 rings (SSSR count). The van der Waals surface area contributed by atoms with E-state index in [4.69, 9.17) is 17.3 Å². The van der Waals surface area contributed by atoms with Gasteiger partial charge in [-0.3, -0.25) is 14.5 Å². The van der Waals surface area contributed by atoms with Gasteiger partial charge < -0.3 is 11.1 Å². The lowest BCUT2D eigenvalue weighted by Gasteiger charge is -2.19. The molecule has 1 heterocycles. The van der Waals surface area contributed by atoms with Gasteiger partial charge in [0.25, 0.3) is 0 Å². The lowest BCUT2D eigenvalue weighted by atomic mass is 9.98. The number of hydrogen-bond acceptors (Lipinski definition) is 3. The molecule has 0 bridgehead atoms. The molecule has 1 fully saturated rings. The minimum Gasteiger partial charge on any atom is -0.369 e.